The van der Waals surface area contributed by atoms with Gasteiger partial charge in [0.25, 0.3) is 0 Å². The largest absolute Gasteiger partial charge is 0.512 e. The average molecular weight is 446 g/mol. The highest BCUT2D eigenvalue weighted by molar-refractivity contribution is 8.04. The number of sulfonamides is 2. The van der Waals surface area contributed by atoms with Crippen molar-refractivity contribution in [2.75, 3.05) is 11.9 Å². The Kier molecular flexibility index (Phi) is 7.43. The molecule has 0 atom stereocenters. The summed E-state index contributed by atoms with van der Waals surface area (Å²) in [7, 11) is -14.0. The number of carbonyl (C=O) groups excluding carboxylic acids is 1. The van der Waals surface area contributed by atoms with Gasteiger partial charge >= 0.3 is 31.1 Å². The lowest BCUT2D eigenvalue weighted by atomic mass is 10.2. The summed E-state index contributed by atoms with van der Waals surface area (Å²) in [4.78, 5) is 11.6. The van der Waals surface area contributed by atoms with E-state index < -0.39 is 47.2 Å². The predicted molar refractivity (Wildman–Crippen MR) is 80.1 cm³/mol. The molecule has 16 heteroatoms. The Bertz CT molecular complexity index is 833. The van der Waals surface area contributed by atoms with E-state index in [2.05, 4.69) is 0 Å². The van der Waals surface area contributed by atoms with Gasteiger partial charge in [-0.05, 0) is 19.1 Å². The molecule has 0 heterocycles. The van der Waals surface area contributed by atoms with Gasteiger partial charge in [0.05, 0.1) is 0 Å². The first-order valence-corrected chi connectivity index (χ1v) is 9.15. The molecule has 0 bridgehead atoms. The van der Waals surface area contributed by atoms with E-state index in [4.69, 9.17) is 0 Å². The zero-order valence-corrected chi connectivity index (χ0v) is 14.7. The van der Waals surface area contributed by atoms with Crippen LogP contribution in [0.1, 0.15) is 5.56 Å². The fourth-order valence-corrected chi connectivity index (χ4v) is 4.06. The predicted octanol–water partition coefficient (Wildman–Crippen LogP) is 1.11. The molecule has 0 aliphatic heterocycles. The van der Waals surface area contributed by atoms with Gasteiger partial charge in [-0.3, -0.25) is 4.79 Å². The minimum absolute atomic E-state index is 0. The number of rotatable bonds is 5. The van der Waals surface area contributed by atoms with Gasteiger partial charge in [-0.25, -0.2) is 16.8 Å². The van der Waals surface area contributed by atoms with Crippen molar-refractivity contribution in [3.05, 3.63) is 29.8 Å². The number of nitrogens with zero attached hydrogens (tertiary/aromatic N) is 1. The minimum Gasteiger partial charge on any atom is -0.412 e. The van der Waals surface area contributed by atoms with E-state index in [0.717, 1.165) is 0 Å². The van der Waals surface area contributed by atoms with Gasteiger partial charge in [0.2, 0.25) is 5.91 Å². The molecule has 8 nitrogen and oxygen atoms in total. The third kappa shape index (κ3) is 5.53. The highest BCUT2D eigenvalue weighted by Crippen LogP contribution is 2.34. The smallest absolute Gasteiger partial charge is 0.412 e. The number of amides is 1. The van der Waals surface area contributed by atoms with E-state index in [1.54, 1.807) is 12.2 Å². The summed E-state index contributed by atoms with van der Waals surface area (Å²) in [6.45, 7) is -0.614. The zero-order chi connectivity index (χ0) is 20.6. The van der Waals surface area contributed by atoms with E-state index in [1.807, 2.05) is 0 Å². The maximum absolute atomic E-state index is 12.5. The molecule has 0 unspecified atom stereocenters. The van der Waals surface area contributed by atoms with Gasteiger partial charge in [0.15, 0.2) is 0 Å². The van der Waals surface area contributed by atoms with Crippen molar-refractivity contribution in [1.29, 1.82) is 0 Å². The minimum atomic E-state index is -7.01. The van der Waals surface area contributed by atoms with Crippen molar-refractivity contribution >= 4 is 31.6 Å². The maximum Gasteiger partial charge on any atom is 0.512 e. The topological polar surface area (TPSA) is 132 Å². The Balaban J connectivity index is 0.00000676. The monoisotopic (exact) mass is 446 g/mol. The van der Waals surface area contributed by atoms with E-state index in [1.165, 1.54) is 24.3 Å². The molecule has 0 aliphatic carbocycles. The first-order chi connectivity index (χ1) is 11.5. The van der Waals surface area contributed by atoms with Gasteiger partial charge in [0, 0.05) is 5.69 Å². The number of carbonyl (C=O) groups is 1. The second-order valence-corrected chi connectivity index (χ2v) is 8.69. The van der Waals surface area contributed by atoms with E-state index in [-0.39, 0.29) is 11.2 Å². The third-order valence-corrected chi connectivity index (χ3v) is 6.41. The molecule has 0 saturated heterocycles. The second kappa shape index (κ2) is 7.99. The quantitative estimate of drug-likeness (QED) is 0.677. The Hall–Kier alpha value is -1.91. The number of halogens is 6. The third-order valence-electron chi connectivity index (χ3n) is 2.73. The number of hydrogen-bond acceptors (Lipinski definition) is 5. The number of benzene rings is 1. The lowest BCUT2D eigenvalue weighted by Gasteiger charge is -2.23. The number of nitrogens with one attached hydrogen (secondary N) is 1. The molecule has 0 spiro atoms. The molecule has 0 saturated carbocycles. The number of hydrogen-bond donors (Lipinski definition) is 1. The molecule has 156 valence electrons. The van der Waals surface area contributed by atoms with Crippen molar-refractivity contribution in [1.82, 2.24) is 3.71 Å². The van der Waals surface area contributed by atoms with Gasteiger partial charge < -0.3 is 10.8 Å². The summed E-state index contributed by atoms with van der Waals surface area (Å²) in [5.41, 5.74) is -12.2. The summed E-state index contributed by atoms with van der Waals surface area (Å²) in [5.74, 6) is -1.73. The van der Waals surface area contributed by atoms with E-state index >= 15 is 0 Å². The zero-order valence-electron chi connectivity index (χ0n) is 13.1. The van der Waals surface area contributed by atoms with Crippen LogP contribution < -0.4 is 5.32 Å². The first kappa shape index (κ1) is 25.1. The van der Waals surface area contributed by atoms with Crippen molar-refractivity contribution in [3.63, 3.8) is 0 Å². The van der Waals surface area contributed by atoms with Crippen molar-refractivity contribution in [2.24, 2.45) is 0 Å². The lowest BCUT2D eigenvalue weighted by molar-refractivity contribution is -0.116. The van der Waals surface area contributed by atoms with Crippen LogP contribution in [0.4, 0.5) is 32.0 Å². The van der Waals surface area contributed by atoms with Crippen LogP contribution in [0.2, 0.25) is 0 Å². The molecular weight excluding hydrogens is 434 g/mol. The fourth-order valence-electron chi connectivity index (χ4n) is 1.48. The van der Waals surface area contributed by atoms with Gasteiger partial charge in [-0.1, -0.05) is 21.4 Å². The first-order valence-electron chi connectivity index (χ1n) is 6.27. The second-order valence-electron chi connectivity index (χ2n) is 4.75. The van der Waals surface area contributed by atoms with Crippen molar-refractivity contribution in [3.8, 4) is 0 Å². The SMILES string of the molecule is Cc1ccc(NC(=O)CN(S(=O)(=O)C(F)(F)F)S(=O)(=O)C(F)(F)F)cc1.O. The average Bonchev–Trinajstić information content (AvgIpc) is 2.44. The highest BCUT2D eigenvalue weighted by Gasteiger charge is 2.61. The van der Waals surface area contributed by atoms with Crippen LogP contribution in [0, 0.1) is 6.92 Å². The van der Waals surface area contributed by atoms with E-state index in [9.17, 15) is 48.0 Å². The highest BCUT2D eigenvalue weighted by atomic mass is 32.3. The molecule has 1 amide bonds. The van der Waals surface area contributed by atoms with Crippen LogP contribution >= 0.6 is 0 Å². The van der Waals surface area contributed by atoms with Crippen LogP contribution in [0.15, 0.2) is 24.3 Å². The van der Waals surface area contributed by atoms with Gasteiger partial charge in [-0.2, -0.15) is 26.3 Å². The maximum atomic E-state index is 12.5. The molecular formula is C11H12F6N2O6S2. The van der Waals surface area contributed by atoms with Gasteiger partial charge in [0.1, 0.15) is 6.54 Å². The fraction of sp³-hybridized carbons (Fsp3) is 0.364. The molecule has 1 rings (SSSR count). The van der Waals surface area contributed by atoms with Crippen molar-refractivity contribution < 1.29 is 53.4 Å². The molecule has 0 fully saturated rings. The van der Waals surface area contributed by atoms with Crippen LogP contribution in [0.25, 0.3) is 0 Å². The number of anilines is 1. The van der Waals surface area contributed by atoms with Crippen LogP contribution in [-0.4, -0.2) is 49.5 Å². The Morgan fingerprint density at radius 1 is 0.926 bits per heavy atom. The molecule has 0 aliphatic rings. The van der Waals surface area contributed by atoms with Crippen LogP contribution in [0.5, 0.6) is 0 Å². The van der Waals surface area contributed by atoms with Crippen LogP contribution in [0.3, 0.4) is 0 Å². The Morgan fingerprint density at radius 3 is 1.63 bits per heavy atom. The summed E-state index contributed by atoms with van der Waals surface area (Å²) in [6.07, 6.45) is 0. The molecule has 1 aromatic carbocycles. The normalized spacial score (nSPS) is 13.2. The summed E-state index contributed by atoms with van der Waals surface area (Å²) in [6, 6.07) is 5.28. The molecule has 27 heavy (non-hydrogen) atoms. The van der Waals surface area contributed by atoms with Crippen molar-refractivity contribution in [2.45, 2.75) is 17.9 Å². The lowest BCUT2D eigenvalue weighted by Crippen LogP contribution is -2.51. The number of aryl methyl sites for hydroxylation is 1. The standard InChI is InChI=1S/C11H10F6N2O5S2.H2O/c1-7-2-4-8(5-3-7)18-9(20)6-19(25(21,22)10(12,13)14)26(23,24)11(15,16)17;/h2-5H,6H2,1H3,(H,18,20);1H2. The Morgan fingerprint density at radius 2 is 1.30 bits per heavy atom. The number of alkyl halides is 6. The molecule has 3 N–H and O–H groups in total. The van der Waals surface area contributed by atoms with Crippen LogP contribution in [-0.2, 0) is 24.8 Å². The summed E-state index contributed by atoms with van der Waals surface area (Å²) in [5, 5.41) is 1.80. The van der Waals surface area contributed by atoms with E-state index in [0.29, 0.717) is 5.56 Å². The molecule has 0 radical (unpaired) electrons. The molecule has 1 aromatic rings. The Labute approximate surface area is 149 Å². The molecule has 0 aromatic heterocycles. The summed E-state index contributed by atoms with van der Waals surface area (Å²) < 4.78 is 118. The van der Waals surface area contributed by atoms with Gasteiger partial charge in [-0.15, -0.1) is 0 Å². The summed E-state index contributed by atoms with van der Waals surface area (Å²) >= 11 is 0.